The van der Waals surface area contributed by atoms with E-state index in [2.05, 4.69) is 5.92 Å². The third-order valence-electron chi connectivity index (χ3n) is 2.64. The quantitative estimate of drug-likeness (QED) is 0.571. The van der Waals surface area contributed by atoms with Crippen LogP contribution in [0.3, 0.4) is 0 Å². The number of hydrogen-bond donors (Lipinski definition) is 1. The van der Waals surface area contributed by atoms with E-state index in [1.54, 1.807) is 0 Å². The molecule has 0 bridgehead atoms. The smallest absolute Gasteiger partial charge is 0.114 e. The summed E-state index contributed by atoms with van der Waals surface area (Å²) in [6.07, 6.45) is 11.5. The Hall–Kier alpha value is -0.980. The molecule has 0 aliphatic carbocycles. The Balaban J connectivity index is 2.18. The molecule has 0 aromatic carbocycles. The highest BCUT2D eigenvalue weighted by molar-refractivity contribution is 5.02. The van der Waals surface area contributed by atoms with Gasteiger partial charge >= 0.3 is 0 Å². The average Bonchev–Trinajstić information content (AvgIpc) is 2.34. The van der Waals surface area contributed by atoms with Crippen molar-refractivity contribution >= 4 is 0 Å². The van der Waals surface area contributed by atoms with Crippen LogP contribution in [0.15, 0.2) is 11.8 Å². The van der Waals surface area contributed by atoms with Crippen molar-refractivity contribution in [1.82, 2.24) is 0 Å². The van der Waals surface area contributed by atoms with Gasteiger partial charge in [0.25, 0.3) is 0 Å². The molecule has 0 amide bonds. The predicted octanol–water partition coefficient (Wildman–Crippen LogP) is 1.83. The summed E-state index contributed by atoms with van der Waals surface area (Å²) in [6.45, 7) is 3.42. The van der Waals surface area contributed by atoms with Crippen LogP contribution in [0.4, 0.5) is 0 Å². The summed E-state index contributed by atoms with van der Waals surface area (Å²) in [6, 6.07) is -0.218. The lowest BCUT2D eigenvalue weighted by Gasteiger charge is -2.22. The standard InChI is InChI=1S/C13H21NO2/c1-3-12(14)8-7-11(2)16-10-13-6-4-5-9-15-13/h1,7,12-13H,4-6,8-10,14H2,2H3/b11-7+/t12-,13?/m0/s1. The first kappa shape index (κ1) is 13.1. The van der Waals surface area contributed by atoms with Crippen molar-refractivity contribution < 1.29 is 9.47 Å². The van der Waals surface area contributed by atoms with Crippen LogP contribution < -0.4 is 5.73 Å². The van der Waals surface area contributed by atoms with E-state index in [1.165, 1.54) is 12.8 Å². The number of hydrogen-bond acceptors (Lipinski definition) is 3. The van der Waals surface area contributed by atoms with Gasteiger partial charge in [-0.3, -0.25) is 0 Å². The van der Waals surface area contributed by atoms with Crippen LogP contribution in [0.25, 0.3) is 0 Å². The van der Waals surface area contributed by atoms with Gasteiger partial charge in [-0.05, 0) is 38.7 Å². The number of terminal acetylenes is 1. The molecule has 0 spiro atoms. The zero-order valence-electron chi connectivity index (χ0n) is 9.95. The molecule has 1 aliphatic heterocycles. The molecule has 16 heavy (non-hydrogen) atoms. The summed E-state index contributed by atoms with van der Waals surface area (Å²) in [5.74, 6) is 3.35. The predicted molar refractivity (Wildman–Crippen MR) is 64.7 cm³/mol. The van der Waals surface area contributed by atoms with Crippen LogP contribution in [0.2, 0.25) is 0 Å². The van der Waals surface area contributed by atoms with Crippen LogP contribution in [-0.4, -0.2) is 25.4 Å². The first-order chi connectivity index (χ1) is 7.72. The molecule has 1 heterocycles. The summed E-state index contributed by atoms with van der Waals surface area (Å²) < 4.78 is 11.2. The number of ether oxygens (including phenoxy) is 2. The molecular formula is C13H21NO2. The Kier molecular flexibility index (Phi) is 5.99. The van der Waals surface area contributed by atoms with Gasteiger partial charge in [0.2, 0.25) is 0 Å². The number of allylic oxidation sites excluding steroid dienone is 1. The highest BCUT2D eigenvalue weighted by atomic mass is 16.5. The zero-order chi connectivity index (χ0) is 11.8. The minimum Gasteiger partial charge on any atom is -0.496 e. The molecule has 2 atom stereocenters. The Morgan fingerprint density at radius 1 is 1.69 bits per heavy atom. The molecule has 1 unspecified atom stereocenters. The molecule has 90 valence electrons. The fourth-order valence-electron chi connectivity index (χ4n) is 1.58. The maximum absolute atomic E-state index is 5.60. The van der Waals surface area contributed by atoms with Crippen molar-refractivity contribution in [2.45, 2.75) is 44.8 Å². The first-order valence-corrected chi connectivity index (χ1v) is 5.85. The van der Waals surface area contributed by atoms with Gasteiger partial charge < -0.3 is 15.2 Å². The molecule has 3 heteroatoms. The normalized spacial score (nSPS) is 23.6. The average molecular weight is 223 g/mol. The largest absolute Gasteiger partial charge is 0.496 e. The van der Waals surface area contributed by atoms with E-state index in [-0.39, 0.29) is 12.1 Å². The van der Waals surface area contributed by atoms with E-state index in [0.29, 0.717) is 13.0 Å². The van der Waals surface area contributed by atoms with E-state index < -0.39 is 0 Å². The molecule has 1 aliphatic rings. The number of nitrogens with two attached hydrogens (primary N) is 1. The molecule has 0 radical (unpaired) electrons. The fourth-order valence-corrected chi connectivity index (χ4v) is 1.58. The zero-order valence-corrected chi connectivity index (χ0v) is 9.95. The maximum atomic E-state index is 5.60. The van der Waals surface area contributed by atoms with Crippen LogP contribution in [0.5, 0.6) is 0 Å². The van der Waals surface area contributed by atoms with Gasteiger partial charge in [-0.1, -0.05) is 5.92 Å². The lowest BCUT2D eigenvalue weighted by atomic mass is 10.1. The molecule has 0 aromatic rings. The molecule has 0 saturated carbocycles. The van der Waals surface area contributed by atoms with Crippen molar-refractivity contribution in [1.29, 1.82) is 0 Å². The Bertz CT molecular complexity index is 262. The second kappa shape index (κ2) is 7.32. The van der Waals surface area contributed by atoms with Gasteiger partial charge in [0.15, 0.2) is 0 Å². The van der Waals surface area contributed by atoms with Gasteiger partial charge in [-0.25, -0.2) is 0 Å². The minimum atomic E-state index is -0.218. The van der Waals surface area contributed by atoms with Crippen LogP contribution in [0, 0.1) is 12.3 Å². The van der Waals surface area contributed by atoms with Crippen molar-refractivity contribution in [2.75, 3.05) is 13.2 Å². The summed E-state index contributed by atoms with van der Waals surface area (Å²) in [5, 5.41) is 0. The van der Waals surface area contributed by atoms with E-state index in [0.717, 1.165) is 18.8 Å². The van der Waals surface area contributed by atoms with E-state index in [9.17, 15) is 0 Å². The second-order valence-corrected chi connectivity index (χ2v) is 4.12. The molecule has 1 saturated heterocycles. The molecule has 0 aromatic heterocycles. The maximum Gasteiger partial charge on any atom is 0.114 e. The van der Waals surface area contributed by atoms with Crippen LogP contribution in [-0.2, 0) is 9.47 Å². The van der Waals surface area contributed by atoms with Crippen molar-refractivity contribution in [3.05, 3.63) is 11.8 Å². The SMILES string of the molecule is C#C[C@H](N)C/C=C(\C)OCC1CCCCO1. The highest BCUT2D eigenvalue weighted by Gasteiger charge is 2.14. The number of rotatable bonds is 5. The van der Waals surface area contributed by atoms with Gasteiger partial charge in [0.05, 0.1) is 17.9 Å². The molecular weight excluding hydrogens is 202 g/mol. The Morgan fingerprint density at radius 3 is 3.12 bits per heavy atom. The van der Waals surface area contributed by atoms with Gasteiger partial charge in [0.1, 0.15) is 6.61 Å². The molecule has 1 rings (SSSR count). The van der Waals surface area contributed by atoms with Crippen molar-refractivity contribution in [3.8, 4) is 12.3 Å². The van der Waals surface area contributed by atoms with Crippen molar-refractivity contribution in [2.24, 2.45) is 5.73 Å². The van der Waals surface area contributed by atoms with Gasteiger partial charge in [-0.15, -0.1) is 6.42 Å². The second-order valence-electron chi connectivity index (χ2n) is 4.12. The monoisotopic (exact) mass is 223 g/mol. The fraction of sp³-hybridized carbons (Fsp3) is 0.692. The third kappa shape index (κ3) is 5.20. The Labute approximate surface area is 98.0 Å². The summed E-state index contributed by atoms with van der Waals surface area (Å²) >= 11 is 0. The van der Waals surface area contributed by atoms with Gasteiger partial charge in [-0.2, -0.15) is 0 Å². The van der Waals surface area contributed by atoms with E-state index in [4.69, 9.17) is 21.6 Å². The van der Waals surface area contributed by atoms with E-state index >= 15 is 0 Å². The Morgan fingerprint density at radius 2 is 2.50 bits per heavy atom. The third-order valence-corrected chi connectivity index (χ3v) is 2.64. The molecule has 1 fully saturated rings. The van der Waals surface area contributed by atoms with E-state index in [1.807, 2.05) is 13.0 Å². The highest BCUT2D eigenvalue weighted by Crippen LogP contribution is 2.14. The van der Waals surface area contributed by atoms with Crippen molar-refractivity contribution in [3.63, 3.8) is 0 Å². The summed E-state index contributed by atoms with van der Waals surface area (Å²) in [7, 11) is 0. The molecule has 3 nitrogen and oxygen atoms in total. The summed E-state index contributed by atoms with van der Waals surface area (Å²) in [5.41, 5.74) is 5.60. The van der Waals surface area contributed by atoms with Crippen LogP contribution in [0.1, 0.15) is 32.6 Å². The van der Waals surface area contributed by atoms with Gasteiger partial charge in [0, 0.05) is 6.61 Å². The lowest BCUT2D eigenvalue weighted by molar-refractivity contribution is -0.0257. The summed E-state index contributed by atoms with van der Waals surface area (Å²) in [4.78, 5) is 0. The molecule has 2 N–H and O–H groups in total. The van der Waals surface area contributed by atoms with Crippen LogP contribution >= 0.6 is 0 Å². The lowest BCUT2D eigenvalue weighted by Crippen LogP contribution is -2.24. The minimum absolute atomic E-state index is 0.218. The topological polar surface area (TPSA) is 44.5 Å². The first-order valence-electron chi connectivity index (χ1n) is 5.85.